The van der Waals surface area contributed by atoms with Gasteiger partial charge in [-0.2, -0.15) is 0 Å². The topological polar surface area (TPSA) is 26.3 Å². The number of carbonyl (C=O) groups is 1. The predicted molar refractivity (Wildman–Crippen MR) is 53.4 cm³/mol. The van der Waals surface area contributed by atoms with Gasteiger partial charge >= 0.3 is 5.97 Å². The van der Waals surface area contributed by atoms with Crippen LogP contribution in [0.2, 0.25) is 0 Å². The lowest BCUT2D eigenvalue weighted by molar-refractivity contribution is -0.153. The lowest BCUT2D eigenvalue weighted by Crippen LogP contribution is -2.28. The third-order valence-corrected chi connectivity index (χ3v) is 2.18. The SMILES string of the molecule is CCSC(C)C(=O)OC(C)(C)C. The van der Waals surface area contributed by atoms with Crippen LogP contribution < -0.4 is 0 Å². The number of rotatable bonds is 3. The van der Waals surface area contributed by atoms with Crippen LogP contribution in [0.1, 0.15) is 34.6 Å². The van der Waals surface area contributed by atoms with Crippen molar-refractivity contribution in [3.05, 3.63) is 0 Å². The van der Waals surface area contributed by atoms with E-state index in [1.54, 1.807) is 11.8 Å². The highest BCUT2D eigenvalue weighted by atomic mass is 32.2. The summed E-state index contributed by atoms with van der Waals surface area (Å²) in [6.45, 7) is 9.56. The molecule has 0 aromatic heterocycles. The Labute approximate surface area is 79.1 Å². The van der Waals surface area contributed by atoms with Crippen LogP contribution in [0, 0.1) is 0 Å². The van der Waals surface area contributed by atoms with Crippen LogP contribution in [0.3, 0.4) is 0 Å². The van der Waals surface area contributed by atoms with Crippen molar-refractivity contribution in [1.82, 2.24) is 0 Å². The fourth-order valence-electron chi connectivity index (χ4n) is 0.703. The van der Waals surface area contributed by atoms with E-state index in [0.29, 0.717) is 0 Å². The van der Waals surface area contributed by atoms with Crippen LogP contribution in [0.4, 0.5) is 0 Å². The summed E-state index contributed by atoms with van der Waals surface area (Å²) in [6, 6.07) is 0. The maximum absolute atomic E-state index is 11.3. The first-order chi connectivity index (χ1) is 5.37. The quantitative estimate of drug-likeness (QED) is 0.639. The number of hydrogen-bond donors (Lipinski definition) is 0. The molecule has 0 fully saturated rings. The molecule has 1 atom stereocenters. The number of ether oxygens (including phenoxy) is 1. The van der Waals surface area contributed by atoms with Crippen molar-refractivity contribution in [2.24, 2.45) is 0 Å². The van der Waals surface area contributed by atoms with E-state index in [4.69, 9.17) is 4.74 Å². The molecule has 1 unspecified atom stereocenters. The zero-order valence-corrected chi connectivity index (χ0v) is 9.33. The minimum Gasteiger partial charge on any atom is -0.459 e. The van der Waals surface area contributed by atoms with E-state index in [1.165, 1.54) is 0 Å². The second-order valence-electron chi connectivity index (χ2n) is 3.63. The van der Waals surface area contributed by atoms with Crippen molar-refractivity contribution in [3.8, 4) is 0 Å². The summed E-state index contributed by atoms with van der Waals surface area (Å²) in [7, 11) is 0. The molecule has 2 nitrogen and oxygen atoms in total. The van der Waals surface area contributed by atoms with Crippen LogP contribution in [-0.2, 0) is 9.53 Å². The Kier molecular flexibility index (Phi) is 4.68. The molecule has 0 radical (unpaired) electrons. The summed E-state index contributed by atoms with van der Waals surface area (Å²) >= 11 is 1.61. The van der Waals surface area contributed by atoms with Gasteiger partial charge in [0.15, 0.2) is 0 Å². The molecule has 0 N–H and O–H groups in total. The van der Waals surface area contributed by atoms with Gasteiger partial charge in [0.05, 0.1) is 5.25 Å². The first-order valence-corrected chi connectivity index (χ1v) is 5.26. The second-order valence-corrected chi connectivity index (χ2v) is 5.25. The van der Waals surface area contributed by atoms with Gasteiger partial charge in [-0.1, -0.05) is 6.92 Å². The molecule has 0 amide bonds. The maximum Gasteiger partial charge on any atom is 0.319 e. The molecule has 0 saturated heterocycles. The number of esters is 1. The van der Waals surface area contributed by atoms with Gasteiger partial charge in [0, 0.05) is 0 Å². The summed E-state index contributed by atoms with van der Waals surface area (Å²) in [5.41, 5.74) is -0.361. The molecule has 0 spiro atoms. The Morgan fingerprint density at radius 1 is 1.50 bits per heavy atom. The van der Waals surface area contributed by atoms with Gasteiger partial charge in [-0.15, -0.1) is 11.8 Å². The lowest BCUT2D eigenvalue weighted by atomic mass is 10.2. The normalized spacial score (nSPS) is 14.1. The standard InChI is InChI=1S/C9H18O2S/c1-6-12-7(2)8(10)11-9(3,4)5/h7H,6H2,1-5H3. The van der Waals surface area contributed by atoms with Gasteiger partial charge in [0.1, 0.15) is 5.60 Å². The Morgan fingerprint density at radius 3 is 2.33 bits per heavy atom. The van der Waals surface area contributed by atoms with E-state index < -0.39 is 0 Å². The largest absolute Gasteiger partial charge is 0.459 e. The van der Waals surface area contributed by atoms with Gasteiger partial charge in [-0.3, -0.25) is 4.79 Å². The van der Waals surface area contributed by atoms with Crippen LogP contribution in [-0.4, -0.2) is 22.6 Å². The molecular weight excluding hydrogens is 172 g/mol. The third kappa shape index (κ3) is 5.47. The van der Waals surface area contributed by atoms with Gasteiger partial charge in [-0.25, -0.2) is 0 Å². The number of carbonyl (C=O) groups excluding carboxylic acids is 1. The molecule has 0 aromatic carbocycles. The van der Waals surface area contributed by atoms with E-state index in [1.807, 2.05) is 34.6 Å². The molecule has 0 aliphatic heterocycles. The minimum absolute atomic E-state index is 0.0470. The monoisotopic (exact) mass is 190 g/mol. The highest BCUT2D eigenvalue weighted by molar-refractivity contribution is 8.00. The summed E-state index contributed by atoms with van der Waals surface area (Å²) in [4.78, 5) is 11.3. The fourth-order valence-corrected chi connectivity index (χ4v) is 1.39. The predicted octanol–water partition coefficient (Wildman–Crippen LogP) is 2.47. The lowest BCUT2D eigenvalue weighted by Gasteiger charge is -2.21. The smallest absolute Gasteiger partial charge is 0.319 e. The average molecular weight is 190 g/mol. The highest BCUT2D eigenvalue weighted by Gasteiger charge is 2.21. The Hall–Kier alpha value is -0.180. The first-order valence-electron chi connectivity index (χ1n) is 4.21. The van der Waals surface area contributed by atoms with E-state index in [9.17, 15) is 4.79 Å². The van der Waals surface area contributed by atoms with Crippen molar-refractivity contribution in [3.63, 3.8) is 0 Å². The second kappa shape index (κ2) is 4.75. The molecule has 0 bridgehead atoms. The fraction of sp³-hybridized carbons (Fsp3) is 0.889. The van der Waals surface area contributed by atoms with Crippen LogP contribution in [0.25, 0.3) is 0 Å². The summed E-state index contributed by atoms with van der Waals surface area (Å²) in [5.74, 6) is 0.829. The van der Waals surface area contributed by atoms with Crippen LogP contribution in [0.15, 0.2) is 0 Å². The van der Waals surface area contributed by atoms with E-state index >= 15 is 0 Å². The molecule has 3 heteroatoms. The van der Waals surface area contributed by atoms with Gasteiger partial charge < -0.3 is 4.74 Å². The Morgan fingerprint density at radius 2 is 2.00 bits per heavy atom. The molecule has 0 aromatic rings. The number of thioether (sulfide) groups is 1. The minimum atomic E-state index is -0.361. The zero-order chi connectivity index (χ0) is 9.78. The van der Waals surface area contributed by atoms with E-state index in [-0.39, 0.29) is 16.8 Å². The molecular formula is C9H18O2S. The molecule has 0 heterocycles. The van der Waals surface area contributed by atoms with Crippen LogP contribution >= 0.6 is 11.8 Å². The zero-order valence-electron chi connectivity index (χ0n) is 8.51. The van der Waals surface area contributed by atoms with Crippen LogP contribution in [0.5, 0.6) is 0 Å². The van der Waals surface area contributed by atoms with Crippen molar-refractivity contribution < 1.29 is 9.53 Å². The Balaban J connectivity index is 3.87. The van der Waals surface area contributed by atoms with Gasteiger partial charge in [-0.05, 0) is 33.4 Å². The molecule has 0 rings (SSSR count). The molecule has 12 heavy (non-hydrogen) atoms. The Bertz CT molecular complexity index is 149. The molecule has 0 aliphatic carbocycles. The molecule has 0 aliphatic rings. The van der Waals surface area contributed by atoms with E-state index in [0.717, 1.165) is 5.75 Å². The summed E-state index contributed by atoms with van der Waals surface area (Å²) < 4.78 is 5.19. The van der Waals surface area contributed by atoms with Gasteiger partial charge in [0.25, 0.3) is 0 Å². The van der Waals surface area contributed by atoms with Crippen molar-refractivity contribution in [1.29, 1.82) is 0 Å². The van der Waals surface area contributed by atoms with E-state index in [2.05, 4.69) is 0 Å². The molecule has 72 valence electrons. The average Bonchev–Trinajstić information content (AvgIpc) is 1.84. The summed E-state index contributed by atoms with van der Waals surface area (Å²) in [5, 5.41) is -0.0470. The van der Waals surface area contributed by atoms with Crippen molar-refractivity contribution in [2.45, 2.75) is 45.5 Å². The highest BCUT2D eigenvalue weighted by Crippen LogP contribution is 2.15. The van der Waals surface area contributed by atoms with Gasteiger partial charge in [0.2, 0.25) is 0 Å². The first kappa shape index (κ1) is 11.8. The van der Waals surface area contributed by atoms with Crippen molar-refractivity contribution >= 4 is 17.7 Å². The summed E-state index contributed by atoms with van der Waals surface area (Å²) in [6.07, 6.45) is 0. The molecule has 0 saturated carbocycles. The third-order valence-electron chi connectivity index (χ3n) is 1.16. The number of hydrogen-bond acceptors (Lipinski definition) is 3. The van der Waals surface area contributed by atoms with Crippen molar-refractivity contribution in [2.75, 3.05) is 5.75 Å². The maximum atomic E-state index is 11.3.